The first kappa shape index (κ1) is 12.8. The van der Waals surface area contributed by atoms with E-state index in [1.807, 2.05) is 0 Å². The molecule has 0 aromatic rings. The lowest BCUT2D eigenvalue weighted by Crippen LogP contribution is -2.39. The molecule has 0 amide bonds. The Bertz CT molecular complexity index is 371. The summed E-state index contributed by atoms with van der Waals surface area (Å²) in [6.45, 7) is -0.229. The topological polar surface area (TPSA) is 86.7 Å². The molecule has 0 radical (unpaired) electrons. The van der Waals surface area contributed by atoms with Gasteiger partial charge in [0, 0.05) is 0 Å². The van der Waals surface area contributed by atoms with Crippen molar-refractivity contribution in [3.63, 3.8) is 0 Å². The minimum atomic E-state index is -4.31. The highest BCUT2D eigenvalue weighted by atomic mass is 79.9. The number of hydrogen-bond acceptors (Lipinski definition) is 6. The first-order chi connectivity index (χ1) is 6.21. The molecule has 0 unspecified atom stereocenters. The predicted molar refractivity (Wildman–Crippen MR) is 54.9 cm³/mol. The Morgan fingerprint density at radius 2 is 1.29 bits per heavy atom. The molecule has 0 saturated carbocycles. The van der Waals surface area contributed by atoms with E-state index in [1.165, 1.54) is 0 Å². The van der Waals surface area contributed by atoms with E-state index in [0.717, 1.165) is 0 Å². The van der Waals surface area contributed by atoms with Crippen molar-refractivity contribution < 1.29 is 25.2 Å². The molecule has 1 aliphatic heterocycles. The summed E-state index contributed by atoms with van der Waals surface area (Å²) in [6, 6.07) is 0. The highest BCUT2D eigenvalue weighted by molar-refractivity contribution is 9.30. The fourth-order valence-corrected chi connectivity index (χ4v) is 4.02. The van der Waals surface area contributed by atoms with Crippen LogP contribution in [0.5, 0.6) is 0 Å². The van der Waals surface area contributed by atoms with Gasteiger partial charge in [0.05, 0.1) is 13.2 Å². The van der Waals surface area contributed by atoms with Crippen LogP contribution in [0.3, 0.4) is 0 Å². The molecule has 0 aromatic carbocycles. The summed E-state index contributed by atoms with van der Waals surface area (Å²) in [5.41, 5.74) is 0. The van der Waals surface area contributed by atoms with Crippen molar-refractivity contribution in [3.8, 4) is 0 Å². The molecule has 84 valence electrons. The average Bonchev–Trinajstić information content (AvgIpc) is 2.01. The molecule has 1 rings (SSSR count). The van der Waals surface area contributed by atoms with Crippen LogP contribution in [-0.4, -0.2) is 31.9 Å². The van der Waals surface area contributed by atoms with E-state index in [1.54, 1.807) is 0 Å². The Balaban J connectivity index is 3.25. The Morgan fingerprint density at radius 3 is 1.64 bits per heavy atom. The van der Waals surface area contributed by atoms with Crippen LogP contribution in [0.15, 0.2) is 0 Å². The van der Waals surface area contributed by atoms with Gasteiger partial charge in [0.25, 0.3) is 0 Å². The van der Waals surface area contributed by atoms with Crippen molar-refractivity contribution in [1.82, 2.24) is 0 Å². The van der Waals surface area contributed by atoms with Crippen molar-refractivity contribution in [2.45, 2.75) is 8.32 Å². The second-order valence-corrected chi connectivity index (χ2v) is 11.7. The quantitative estimate of drug-likeness (QED) is 0.453. The van der Waals surface area contributed by atoms with Gasteiger partial charge < -0.3 is 0 Å². The molecule has 1 aliphatic rings. The van der Waals surface area contributed by atoms with Gasteiger partial charge in [-0.1, -0.05) is 0 Å². The third kappa shape index (κ3) is 2.14. The van der Waals surface area contributed by atoms with Gasteiger partial charge in [-0.15, -0.1) is 0 Å². The summed E-state index contributed by atoms with van der Waals surface area (Å²) < 4.78 is 51.7. The van der Waals surface area contributed by atoms with Gasteiger partial charge in [-0.2, -0.15) is 16.8 Å². The lowest BCUT2D eigenvalue weighted by molar-refractivity contribution is 0.244. The van der Waals surface area contributed by atoms with Gasteiger partial charge in [0.2, 0.25) is 0 Å². The maximum atomic E-state index is 11.3. The molecule has 1 heterocycles. The molecule has 1 saturated heterocycles. The van der Waals surface area contributed by atoms with E-state index in [0.29, 0.717) is 0 Å². The maximum absolute atomic E-state index is 11.3. The van der Waals surface area contributed by atoms with Crippen molar-refractivity contribution in [2.24, 2.45) is 0 Å². The zero-order valence-electron chi connectivity index (χ0n) is 6.64. The smallest absolute Gasteiger partial charge is 0.267 e. The van der Waals surface area contributed by atoms with Crippen LogP contribution >= 0.6 is 31.9 Å². The van der Waals surface area contributed by atoms with Gasteiger partial charge in [-0.05, 0) is 38.3 Å². The highest BCUT2D eigenvalue weighted by Crippen LogP contribution is 2.41. The van der Waals surface area contributed by atoms with Crippen molar-refractivity contribution in [3.05, 3.63) is 0 Å². The van der Waals surface area contributed by atoms with Crippen molar-refractivity contribution >= 4 is 52.1 Å². The maximum Gasteiger partial charge on any atom is 0.329 e. The number of halogens is 2. The monoisotopic (exact) mass is 372 g/mol. The fraction of sp³-hybridized carbons (Fsp3) is 1.00. The summed E-state index contributed by atoms with van der Waals surface area (Å²) in [7, 11) is -8.62. The summed E-state index contributed by atoms with van der Waals surface area (Å²) in [6.07, 6.45) is 0.189. The number of alkyl halides is 2. The Kier molecular flexibility index (Phi) is 3.65. The number of hydrogen-bond donors (Lipinski definition) is 0. The molecule has 10 heteroatoms. The van der Waals surface area contributed by atoms with Crippen LogP contribution in [0.25, 0.3) is 0 Å². The lowest BCUT2D eigenvalue weighted by Gasteiger charge is -2.22. The predicted octanol–water partition coefficient (Wildman–Crippen LogP) is 0.484. The SMILES string of the molecule is O=S1(=O)OCCCOS(=O)(=O)C1(Br)Br. The number of rotatable bonds is 0. The van der Waals surface area contributed by atoms with Crippen LogP contribution in [0.1, 0.15) is 6.42 Å². The molecule has 14 heavy (non-hydrogen) atoms. The Morgan fingerprint density at radius 1 is 0.929 bits per heavy atom. The minimum Gasteiger partial charge on any atom is -0.267 e. The average molecular weight is 374 g/mol. The molecule has 0 bridgehead atoms. The molecule has 0 atom stereocenters. The van der Waals surface area contributed by atoms with Crippen LogP contribution in [0, 0.1) is 0 Å². The van der Waals surface area contributed by atoms with Gasteiger partial charge in [0.1, 0.15) is 0 Å². The van der Waals surface area contributed by atoms with Crippen LogP contribution in [0.4, 0.5) is 0 Å². The van der Waals surface area contributed by atoms with E-state index in [-0.39, 0.29) is 19.6 Å². The van der Waals surface area contributed by atoms with E-state index in [2.05, 4.69) is 40.2 Å². The van der Waals surface area contributed by atoms with E-state index in [9.17, 15) is 16.8 Å². The van der Waals surface area contributed by atoms with Crippen molar-refractivity contribution in [2.75, 3.05) is 13.2 Å². The summed E-state index contributed by atoms with van der Waals surface area (Å²) >= 11 is 5.02. The molecule has 0 aliphatic carbocycles. The molecular weight excluding hydrogens is 368 g/mol. The second kappa shape index (κ2) is 3.98. The largest absolute Gasteiger partial charge is 0.329 e. The molecular formula is C4H6Br2O6S2. The molecule has 0 N–H and O–H groups in total. The molecule has 0 spiro atoms. The Hall–Kier alpha value is 0.780. The van der Waals surface area contributed by atoms with Gasteiger partial charge in [-0.25, -0.2) is 0 Å². The van der Waals surface area contributed by atoms with Gasteiger partial charge in [-0.3, -0.25) is 8.37 Å². The molecule has 6 nitrogen and oxygen atoms in total. The minimum absolute atomic E-state index is 0.114. The van der Waals surface area contributed by atoms with Gasteiger partial charge in [0.15, 0.2) is 0 Å². The van der Waals surface area contributed by atoms with Gasteiger partial charge >= 0.3 is 22.1 Å². The highest BCUT2D eigenvalue weighted by Gasteiger charge is 2.54. The third-order valence-corrected chi connectivity index (χ3v) is 9.45. The normalized spacial score (nSPS) is 30.1. The standard InChI is InChI=1S/C4H6Br2O6S2/c5-4(6)13(7,8)11-2-1-3-12-14(4,9)10/h1-3H2. The molecule has 0 aromatic heterocycles. The first-order valence-corrected chi connectivity index (χ1v) is 7.77. The summed E-state index contributed by atoms with van der Waals surface area (Å²) in [5.74, 6) is 0. The molecule has 1 fully saturated rings. The van der Waals surface area contributed by atoms with Crippen LogP contribution in [0.2, 0.25) is 0 Å². The summed E-state index contributed by atoms with van der Waals surface area (Å²) in [4.78, 5) is 0. The van der Waals surface area contributed by atoms with Crippen LogP contribution in [-0.2, 0) is 28.6 Å². The second-order valence-electron chi connectivity index (χ2n) is 2.37. The zero-order valence-corrected chi connectivity index (χ0v) is 11.4. The first-order valence-electron chi connectivity index (χ1n) is 3.36. The lowest BCUT2D eigenvalue weighted by atomic mass is 10.5. The van der Waals surface area contributed by atoms with Crippen molar-refractivity contribution in [1.29, 1.82) is 0 Å². The van der Waals surface area contributed by atoms with Crippen LogP contribution < -0.4 is 0 Å². The van der Waals surface area contributed by atoms with E-state index < -0.39 is 22.1 Å². The van der Waals surface area contributed by atoms with E-state index in [4.69, 9.17) is 0 Å². The summed E-state index contributed by atoms with van der Waals surface area (Å²) in [5, 5.41) is 0. The zero-order chi connectivity index (χ0) is 11.0. The Labute approximate surface area is 98.5 Å². The van der Waals surface area contributed by atoms with E-state index >= 15 is 0 Å². The third-order valence-electron chi connectivity index (χ3n) is 1.35. The fourth-order valence-electron chi connectivity index (χ4n) is 0.658.